The van der Waals surface area contributed by atoms with E-state index in [0.717, 1.165) is 11.4 Å². The van der Waals surface area contributed by atoms with Crippen molar-refractivity contribution in [1.29, 1.82) is 0 Å². The molecule has 3 aromatic rings. The number of nitrogens with one attached hydrogen (secondary N) is 1. The van der Waals surface area contributed by atoms with Crippen LogP contribution in [-0.4, -0.2) is 4.98 Å². The first-order valence-electron chi connectivity index (χ1n) is 7.20. The summed E-state index contributed by atoms with van der Waals surface area (Å²) < 4.78 is 0. The predicted molar refractivity (Wildman–Crippen MR) is 86.3 cm³/mol. The van der Waals surface area contributed by atoms with Crippen molar-refractivity contribution >= 4 is 5.69 Å². The van der Waals surface area contributed by atoms with Gasteiger partial charge in [-0.1, -0.05) is 42.5 Å². The summed E-state index contributed by atoms with van der Waals surface area (Å²) in [6.07, 6.45) is 2.01. The second-order valence-electron chi connectivity index (χ2n) is 5.44. The molecule has 2 aromatic carbocycles. The minimum atomic E-state index is 0.173. The van der Waals surface area contributed by atoms with Crippen molar-refractivity contribution in [3.63, 3.8) is 0 Å². The van der Waals surface area contributed by atoms with Crippen molar-refractivity contribution in [3.8, 4) is 11.1 Å². The molecule has 1 N–H and O–H groups in total. The Bertz CT molecular complexity index is 794. The Balaban J connectivity index is 1.85. The third-order valence-corrected chi connectivity index (χ3v) is 4.03. The number of rotatable bonds is 2. The van der Waals surface area contributed by atoms with Gasteiger partial charge >= 0.3 is 0 Å². The number of aromatic nitrogens is 1. The lowest BCUT2D eigenvalue weighted by molar-refractivity contribution is 0.958. The molecule has 0 saturated heterocycles. The minimum absolute atomic E-state index is 0.173. The number of para-hydroxylation sites is 1. The molecule has 1 aliphatic rings. The highest BCUT2D eigenvalue weighted by molar-refractivity contribution is 5.80. The maximum Gasteiger partial charge on any atom is 0.0794 e. The molecule has 1 aliphatic carbocycles. The quantitative estimate of drug-likeness (QED) is 0.739. The third-order valence-electron chi connectivity index (χ3n) is 4.03. The molecule has 0 radical (unpaired) electrons. The number of aryl methyl sites for hydroxylation is 1. The molecule has 1 atom stereocenters. The Morgan fingerprint density at radius 3 is 2.48 bits per heavy atom. The van der Waals surface area contributed by atoms with E-state index in [1.54, 1.807) is 0 Å². The van der Waals surface area contributed by atoms with Crippen molar-refractivity contribution in [3.05, 3.63) is 83.7 Å². The molecule has 1 heterocycles. The summed E-state index contributed by atoms with van der Waals surface area (Å²) in [5, 5.41) is 3.63. The molecule has 0 fully saturated rings. The van der Waals surface area contributed by atoms with Crippen LogP contribution in [0.3, 0.4) is 0 Å². The molecule has 0 aliphatic heterocycles. The monoisotopic (exact) mass is 272 g/mol. The zero-order valence-corrected chi connectivity index (χ0v) is 11.9. The molecule has 2 heteroatoms. The Labute approximate surface area is 124 Å². The standard InChI is InChI=1S/C19H16N2/c1-13-11-17-15-9-5-6-10-16(15)19(18(17)12-20-13)21-14-7-3-2-4-8-14/h2-12,19,21H,1H3. The SMILES string of the molecule is Cc1cc2c(cn1)C(Nc1ccccc1)c1ccccc1-2. The first-order valence-corrected chi connectivity index (χ1v) is 7.20. The highest BCUT2D eigenvalue weighted by Crippen LogP contribution is 2.44. The summed E-state index contributed by atoms with van der Waals surface area (Å²) in [7, 11) is 0. The van der Waals surface area contributed by atoms with E-state index in [-0.39, 0.29) is 6.04 Å². The molecule has 4 rings (SSSR count). The van der Waals surface area contributed by atoms with Crippen LogP contribution in [0, 0.1) is 6.92 Å². The van der Waals surface area contributed by atoms with E-state index in [2.05, 4.69) is 64.9 Å². The maximum atomic E-state index is 4.49. The average molecular weight is 272 g/mol. The van der Waals surface area contributed by atoms with E-state index in [1.807, 2.05) is 19.2 Å². The van der Waals surface area contributed by atoms with Crippen LogP contribution in [0.25, 0.3) is 11.1 Å². The van der Waals surface area contributed by atoms with Gasteiger partial charge in [-0.25, -0.2) is 0 Å². The molecule has 0 spiro atoms. The number of hydrogen-bond donors (Lipinski definition) is 1. The van der Waals surface area contributed by atoms with Gasteiger partial charge in [-0.15, -0.1) is 0 Å². The molecule has 1 aromatic heterocycles. The average Bonchev–Trinajstić information content (AvgIpc) is 2.82. The van der Waals surface area contributed by atoms with E-state index >= 15 is 0 Å². The predicted octanol–water partition coefficient (Wildman–Crippen LogP) is 4.57. The lowest BCUT2D eigenvalue weighted by Gasteiger charge is -2.17. The summed E-state index contributed by atoms with van der Waals surface area (Å²) in [5.74, 6) is 0. The van der Waals surface area contributed by atoms with Gasteiger partial charge in [-0.3, -0.25) is 4.98 Å². The van der Waals surface area contributed by atoms with Crippen LogP contribution in [0.4, 0.5) is 5.69 Å². The van der Waals surface area contributed by atoms with Crippen molar-refractivity contribution in [2.75, 3.05) is 5.32 Å². The molecular formula is C19H16N2. The van der Waals surface area contributed by atoms with Crippen LogP contribution in [0.5, 0.6) is 0 Å². The number of benzene rings is 2. The highest BCUT2D eigenvalue weighted by Gasteiger charge is 2.28. The van der Waals surface area contributed by atoms with Gasteiger partial charge in [-0.05, 0) is 41.8 Å². The Morgan fingerprint density at radius 2 is 1.62 bits per heavy atom. The molecule has 0 bridgehead atoms. The van der Waals surface area contributed by atoms with Gasteiger partial charge in [0.1, 0.15) is 0 Å². The van der Waals surface area contributed by atoms with Crippen molar-refractivity contribution < 1.29 is 0 Å². The van der Waals surface area contributed by atoms with Crippen LogP contribution in [0.1, 0.15) is 22.9 Å². The summed E-state index contributed by atoms with van der Waals surface area (Å²) in [4.78, 5) is 4.49. The molecule has 2 nitrogen and oxygen atoms in total. The fraction of sp³-hybridized carbons (Fsp3) is 0.105. The summed E-state index contributed by atoms with van der Waals surface area (Å²) >= 11 is 0. The van der Waals surface area contributed by atoms with E-state index in [1.165, 1.54) is 22.3 Å². The number of hydrogen-bond acceptors (Lipinski definition) is 2. The number of anilines is 1. The van der Waals surface area contributed by atoms with E-state index in [9.17, 15) is 0 Å². The molecule has 0 amide bonds. The zero-order chi connectivity index (χ0) is 14.2. The van der Waals surface area contributed by atoms with Crippen molar-refractivity contribution in [2.45, 2.75) is 13.0 Å². The first kappa shape index (κ1) is 12.2. The van der Waals surface area contributed by atoms with Crippen LogP contribution in [-0.2, 0) is 0 Å². The van der Waals surface area contributed by atoms with Gasteiger partial charge < -0.3 is 5.32 Å². The van der Waals surface area contributed by atoms with E-state index in [0.29, 0.717) is 0 Å². The summed E-state index contributed by atoms with van der Waals surface area (Å²) in [5.41, 5.74) is 7.38. The van der Waals surface area contributed by atoms with Gasteiger partial charge in [-0.2, -0.15) is 0 Å². The molecular weight excluding hydrogens is 256 g/mol. The van der Waals surface area contributed by atoms with Gasteiger partial charge in [0, 0.05) is 23.1 Å². The van der Waals surface area contributed by atoms with Gasteiger partial charge in [0.2, 0.25) is 0 Å². The fourth-order valence-corrected chi connectivity index (χ4v) is 3.05. The van der Waals surface area contributed by atoms with Crippen LogP contribution in [0.2, 0.25) is 0 Å². The second-order valence-corrected chi connectivity index (χ2v) is 5.44. The molecule has 1 unspecified atom stereocenters. The maximum absolute atomic E-state index is 4.49. The molecule has 21 heavy (non-hydrogen) atoms. The Kier molecular flexibility index (Phi) is 2.74. The van der Waals surface area contributed by atoms with Crippen LogP contribution < -0.4 is 5.32 Å². The fourth-order valence-electron chi connectivity index (χ4n) is 3.05. The largest absolute Gasteiger partial charge is 0.374 e. The summed E-state index contributed by atoms with van der Waals surface area (Å²) in [6.45, 7) is 2.04. The van der Waals surface area contributed by atoms with E-state index in [4.69, 9.17) is 0 Å². The van der Waals surface area contributed by atoms with Crippen LogP contribution in [0.15, 0.2) is 66.9 Å². The topological polar surface area (TPSA) is 24.9 Å². The highest BCUT2D eigenvalue weighted by atomic mass is 14.9. The lowest BCUT2D eigenvalue weighted by atomic mass is 10.1. The van der Waals surface area contributed by atoms with Crippen LogP contribution >= 0.6 is 0 Å². The smallest absolute Gasteiger partial charge is 0.0794 e. The Morgan fingerprint density at radius 1 is 0.857 bits per heavy atom. The van der Waals surface area contributed by atoms with Gasteiger partial charge in [0.25, 0.3) is 0 Å². The number of fused-ring (bicyclic) bond motifs is 3. The van der Waals surface area contributed by atoms with Gasteiger partial charge in [0.15, 0.2) is 0 Å². The Hall–Kier alpha value is -2.61. The summed E-state index contributed by atoms with van der Waals surface area (Å²) in [6, 6.07) is 21.3. The minimum Gasteiger partial charge on any atom is -0.374 e. The third kappa shape index (κ3) is 2.00. The van der Waals surface area contributed by atoms with E-state index < -0.39 is 0 Å². The second kappa shape index (κ2) is 4.74. The van der Waals surface area contributed by atoms with Crippen molar-refractivity contribution in [1.82, 2.24) is 4.98 Å². The molecule has 0 saturated carbocycles. The zero-order valence-electron chi connectivity index (χ0n) is 11.9. The number of pyridine rings is 1. The van der Waals surface area contributed by atoms with Gasteiger partial charge in [0.05, 0.1) is 6.04 Å². The number of nitrogens with zero attached hydrogens (tertiary/aromatic N) is 1. The lowest BCUT2D eigenvalue weighted by Crippen LogP contribution is -2.09. The molecule has 102 valence electrons. The normalized spacial score (nSPS) is 15.4. The first-order chi connectivity index (χ1) is 10.3. The van der Waals surface area contributed by atoms with Crippen molar-refractivity contribution in [2.24, 2.45) is 0 Å².